The lowest BCUT2D eigenvalue weighted by molar-refractivity contribution is 0.700. The molecule has 0 aliphatic heterocycles. The Morgan fingerprint density at radius 1 is 1.24 bits per heavy atom. The number of rotatable bonds is 5. The number of halogens is 1. The van der Waals surface area contributed by atoms with Gasteiger partial charge in [-0.15, -0.1) is 10.2 Å². The van der Waals surface area contributed by atoms with E-state index in [2.05, 4.69) is 74.3 Å². The SMILES string of the molecule is CC(CCc1ccc(I)cc1)Nc1cncc2nncn12. The minimum atomic E-state index is 0.346. The number of aromatic nitrogens is 4. The van der Waals surface area contributed by atoms with Crippen LogP contribution in [0.15, 0.2) is 43.0 Å². The third kappa shape index (κ3) is 3.49. The fourth-order valence-corrected chi connectivity index (χ4v) is 2.58. The average Bonchev–Trinajstić information content (AvgIpc) is 2.96. The zero-order valence-electron chi connectivity index (χ0n) is 11.7. The zero-order chi connectivity index (χ0) is 14.7. The Labute approximate surface area is 137 Å². The Hall–Kier alpha value is -1.70. The lowest BCUT2D eigenvalue weighted by Crippen LogP contribution is -2.18. The first-order chi connectivity index (χ1) is 10.2. The molecule has 2 aromatic heterocycles. The van der Waals surface area contributed by atoms with Crippen LogP contribution in [0, 0.1) is 3.57 Å². The Bertz CT molecular complexity index is 722. The van der Waals surface area contributed by atoms with E-state index in [1.807, 2.05) is 4.40 Å². The third-order valence-corrected chi connectivity index (χ3v) is 4.11. The highest BCUT2D eigenvalue weighted by Crippen LogP contribution is 2.13. The summed E-state index contributed by atoms with van der Waals surface area (Å²) in [4.78, 5) is 4.18. The van der Waals surface area contributed by atoms with Gasteiger partial charge in [-0.3, -0.25) is 9.38 Å². The van der Waals surface area contributed by atoms with Crippen LogP contribution >= 0.6 is 22.6 Å². The molecule has 6 heteroatoms. The first kappa shape index (κ1) is 14.2. The highest BCUT2D eigenvalue weighted by Gasteiger charge is 2.07. The van der Waals surface area contributed by atoms with Gasteiger partial charge in [0.05, 0.1) is 12.4 Å². The minimum Gasteiger partial charge on any atom is -0.367 e. The van der Waals surface area contributed by atoms with Gasteiger partial charge >= 0.3 is 0 Å². The van der Waals surface area contributed by atoms with E-state index in [0.717, 1.165) is 24.3 Å². The number of hydrogen-bond donors (Lipinski definition) is 1. The van der Waals surface area contributed by atoms with Crippen LogP contribution in [0.1, 0.15) is 18.9 Å². The van der Waals surface area contributed by atoms with Gasteiger partial charge < -0.3 is 5.32 Å². The molecule has 3 aromatic rings. The standard InChI is InChI=1S/C15H16IN5/c1-11(2-3-12-4-6-13(16)7-5-12)19-14-8-17-9-15-20-18-10-21(14)15/h4-11,19H,2-3H2,1H3. The number of aryl methyl sites for hydroxylation is 1. The molecule has 0 bridgehead atoms. The number of anilines is 1. The van der Waals surface area contributed by atoms with Crippen LogP contribution in [-0.4, -0.2) is 25.6 Å². The fraction of sp³-hybridized carbons (Fsp3) is 0.267. The summed E-state index contributed by atoms with van der Waals surface area (Å²) in [6.45, 7) is 2.18. The third-order valence-electron chi connectivity index (χ3n) is 3.39. The largest absolute Gasteiger partial charge is 0.367 e. The van der Waals surface area contributed by atoms with Crippen molar-refractivity contribution in [2.24, 2.45) is 0 Å². The summed E-state index contributed by atoms with van der Waals surface area (Å²) >= 11 is 2.33. The summed E-state index contributed by atoms with van der Waals surface area (Å²) in [6, 6.07) is 9.03. The van der Waals surface area contributed by atoms with Crippen molar-refractivity contribution in [1.82, 2.24) is 19.6 Å². The Morgan fingerprint density at radius 3 is 2.86 bits per heavy atom. The van der Waals surface area contributed by atoms with Crippen molar-refractivity contribution < 1.29 is 0 Å². The van der Waals surface area contributed by atoms with Crippen LogP contribution in [0.5, 0.6) is 0 Å². The lowest BCUT2D eigenvalue weighted by Gasteiger charge is -2.15. The normalized spacial score (nSPS) is 12.5. The number of hydrogen-bond acceptors (Lipinski definition) is 4. The molecule has 108 valence electrons. The maximum atomic E-state index is 4.18. The van der Waals surface area contributed by atoms with Gasteiger partial charge in [-0.05, 0) is 60.1 Å². The van der Waals surface area contributed by atoms with Crippen molar-refractivity contribution in [3.05, 3.63) is 52.1 Å². The summed E-state index contributed by atoms with van der Waals surface area (Å²) in [5, 5.41) is 11.4. The van der Waals surface area contributed by atoms with Crippen LogP contribution in [0.3, 0.4) is 0 Å². The minimum absolute atomic E-state index is 0.346. The molecule has 1 aromatic carbocycles. The molecule has 0 radical (unpaired) electrons. The van der Waals surface area contributed by atoms with E-state index >= 15 is 0 Å². The quantitative estimate of drug-likeness (QED) is 0.677. The van der Waals surface area contributed by atoms with Crippen LogP contribution < -0.4 is 5.32 Å². The van der Waals surface area contributed by atoms with E-state index in [1.54, 1.807) is 18.7 Å². The van der Waals surface area contributed by atoms with Crippen molar-refractivity contribution in [3.8, 4) is 0 Å². The predicted octanol–water partition coefficient (Wildman–Crippen LogP) is 3.16. The molecule has 0 fully saturated rings. The zero-order valence-corrected chi connectivity index (χ0v) is 13.9. The van der Waals surface area contributed by atoms with Gasteiger partial charge in [0.1, 0.15) is 12.1 Å². The Morgan fingerprint density at radius 2 is 2.05 bits per heavy atom. The van der Waals surface area contributed by atoms with Crippen molar-refractivity contribution in [2.45, 2.75) is 25.8 Å². The lowest BCUT2D eigenvalue weighted by atomic mass is 10.1. The van der Waals surface area contributed by atoms with Crippen molar-refractivity contribution in [2.75, 3.05) is 5.32 Å². The molecule has 1 atom stereocenters. The molecule has 0 aliphatic carbocycles. The molecule has 0 aliphatic rings. The van der Waals surface area contributed by atoms with E-state index < -0.39 is 0 Å². The predicted molar refractivity (Wildman–Crippen MR) is 91.3 cm³/mol. The van der Waals surface area contributed by atoms with Gasteiger partial charge in [0.15, 0.2) is 5.65 Å². The molecule has 3 rings (SSSR count). The van der Waals surface area contributed by atoms with Crippen molar-refractivity contribution >= 4 is 34.1 Å². The summed E-state index contributed by atoms with van der Waals surface area (Å²) in [5.74, 6) is 0.924. The smallest absolute Gasteiger partial charge is 0.180 e. The van der Waals surface area contributed by atoms with E-state index in [9.17, 15) is 0 Å². The summed E-state index contributed by atoms with van der Waals surface area (Å²) in [7, 11) is 0. The molecule has 0 saturated heterocycles. The van der Waals surface area contributed by atoms with E-state index in [4.69, 9.17) is 0 Å². The first-order valence-corrected chi connectivity index (χ1v) is 7.95. The molecule has 0 amide bonds. The van der Waals surface area contributed by atoms with Gasteiger partial charge in [0.25, 0.3) is 0 Å². The summed E-state index contributed by atoms with van der Waals surface area (Å²) < 4.78 is 3.18. The molecule has 1 unspecified atom stereocenters. The number of nitrogens with zero attached hydrogens (tertiary/aromatic N) is 4. The van der Waals surface area contributed by atoms with Gasteiger partial charge in [0.2, 0.25) is 0 Å². The number of nitrogens with one attached hydrogen (secondary N) is 1. The highest BCUT2D eigenvalue weighted by molar-refractivity contribution is 14.1. The van der Waals surface area contributed by atoms with Crippen LogP contribution in [0.25, 0.3) is 5.65 Å². The molecule has 0 saturated carbocycles. The van der Waals surface area contributed by atoms with Crippen molar-refractivity contribution in [3.63, 3.8) is 0 Å². The molecular weight excluding hydrogens is 377 g/mol. The van der Waals surface area contributed by atoms with Crippen LogP contribution in [0.4, 0.5) is 5.82 Å². The summed E-state index contributed by atoms with van der Waals surface area (Å²) in [5.41, 5.74) is 2.12. The number of fused-ring (bicyclic) bond motifs is 1. The van der Waals surface area contributed by atoms with Gasteiger partial charge in [0, 0.05) is 9.61 Å². The van der Waals surface area contributed by atoms with Gasteiger partial charge in [-0.2, -0.15) is 0 Å². The molecule has 5 nitrogen and oxygen atoms in total. The van der Waals surface area contributed by atoms with Gasteiger partial charge in [-0.1, -0.05) is 12.1 Å². The Balaban J connectivity index is 1.62. The summed E-state index contributed by atoms with van der Waals surface area (Å²) in [6.07, 6.45) is 7.31. The maximum Gasteiger partial charge on any atom is 0.180 e. The monoisotopic (exact) mass is 393 g/mol. The van der Waals surface area contributed by atoms with E-state index in [0.29, 0.717) is 6.04 Å². The topological polar surface area (TPSA) is 55.1 Å². The van der Waals surface area contributed by atoms with Crippen LogP contribution in [0.2, 0.25) is 0 Å². The highest BCUT2D eigenvalue weighted by atomic mass is 127. The molecule has 21 heavy (non-hydrogen) atoms. The molecule has 2 heterocycles. The number of benzene rings is 1. The van der Waals surface area contributed by atoms with Crippen LogP contribution in [-0.2, 0) is 6.42 Å². The Kier molecular flexibility index (Phi) is 4.33. The molecule has 0 spiro atoms. The average molecular weight is 393 g/mol. The maximum absolute atomic E-state index is 4.18. The second kappa shape index (κ2) is 6.38. The first-order valence-electron chi connectivity index (χ1n) is 6.87. The van der Waals surface area contributed by atoms with E-state index in [1.165, 1.54) is 9.13 Å². The second-order valence-corrected chi connectivity index (χ2v) is 6.31. The fourth-order valence-electron chi connectivity index (χ4n) is 2.22. The van der Waals surface area contributed by atoms with E-state index in [-0.39, 0.29) is 0 Å². The second-order valence-electron chi connectivity index (χ2n) is 5.06. The molecule has 1 N–H and O–H groups in total. The van der Waals surface area contributed by atoms with Gasteiger partial charge in [-0.25, -0.2) is 0 Å². The molecular formula is C15H16IN5. The van der Waals surface area contributed by atoms with Crippen molar-refractivity contribution in [1.29, 1.82) is 0 Å².